The molecule has 152 valence electrons. The molecule has 0 spiro atoms. The Morgan fingerprint density at radius 3 is 1.87 bits per heavy atom. The Balaban J connectivity index is 1.86. The van der Waals surface area contributed by atoms with E-state index in [2.05, 4.69) is 4.98 Å². The normalized spacial score (nSPS) is 12.0. The molecule has 0 unspecified atom stereocenters. The number of hydrogen-bond donors (Lipinski definition) is 1. The molecule has 0 bridgehead atoms. The van der Waals surface area contributed by atoms with Crippen LogP contribution in [0.1, 0.15) is 0 Å². The Hall–Kier alpha value is -3.87. The maximum atomic E-state index is 14.8. The van der Waals surface area contributed by atoms with Gasteiger partial charge in [-0.05, 0) is 24.3 Å². The fourth-order valence-electron chi connectivity index (χ4n) is 4.34. The van der Waals surface area contributed by atoms with Crippen molar-refractivity contribution in [3.8, 4) is 5.69 Å². The van der Waals surface area contributed by atoms with Crippen molar-refractivity contribution >= 4 is 43.6 Å². The monoisotopic (exact) mass is 422 g/mol. The summed E-state index contributed by atoms with van der Waals surface area (Å²) in [6.45, 7) is 0. The summed E-state index contributed by atoms with van der Waals surface area (Å²) in [5.74, 6) is -9.89. The second-order valence-electron chi connectivity index (χ2n) is 7.36. The van der Waals surface area contributed by atoms with Crippen LogP contribution in [-0.4, -0.2) is 9.55 Å². The molecule has 1 N–H and O–H groups in total. The summed E-state index contributed by atoms with van der Waals surface area (Å²) in [5.41, 5.74) is 1.34. The fourth-order valence-corrected chi connectivity index (χ4v) is 4.34. The van der Waals surface area contributed by atoms with Crippen molar-refractivity contribution in [3.05, 3.63) is 89.7 Å². The lowest BCUT2D eigenvalue weighted by Crippen LogP contribution is -2.09. The third-order valence-electron chi connectivity index (χ3n) is 5.71. The Bertz CT molecular complexity index is 1660. The Morgan fingerprint density at radius 2 is 1.13 bits per heavy atom. The molecule has 2 nitrogen and oxygen atoms in total. The molecule has 0 atom stereocenters. The minimum Gasteiger partial charge on any atom is -0.354 e. The number of benzene rings is 4. The van der Waals surface area contributed by atoms with E-state index in [1.165, 1.54) is 0 Å². The van der Waals surface area contributed by atoms with Gasteiger partial charge in [0.15, 0.2) is 23.3 Å². The van der Waals surface area contributed by atoms with E-state index in [9.17, 15) is 22.0 Å². The van der Waals surface area contributed by atoms with Crippen LogP contribution in [0.25, 0.3) is 49.3 Å². The zero-order valence-corrected chi connectivity index (χ0v) is 15.6. The topological polar surface area (TPSA) is 20.7 Å². The predicted molar refractivity (Wildman–Crippen MR) is 110 cm³/mol. The first-order valence-corrected chi connectivity index (χ1v) is 9.43. The minimum atomic E-state index is -2.18. The third-order valence-corrected chi connectivity index (χ3v) is 5.71. The maximum Gasteiger partial charge on any atom is 0.200 e. The largest absolute Gasteiger partial charge is 0.354 e. The Kier molecular flexibility index (Phi) is 3.51. The number of rotatable bonds is 1. The number of aromatic amines is 1. The summed E-state index contributed by atoms with van der Waals surface area (Å²) in [6, 6.07) is 17.8. The summed E-state index contributed by atoms with van der Waals surface area (Å²) in [6.07, 6.45) is 0. The summed E-state index contributed by atoms with van der Waals surface area (Å²) in [7, 11) is 0. The molecule has 2 heterocycles. The predicted octanol–water partition coefficient (Wildman–Crippen LogP) is 7.11. The highest BCUT2D eigenvalue weighted by Gasteiger charge is 2.29. The average molecular weight is 422 g/mol. The lowest BCUT2D eigenvalue weighted by Gasteiger charge is -2.12. The summed E-state index contributed by atoms with van der Waals surface area (Å²) in [4.78, 5) is 3.31. The fraction of sp³-hybridized carbons (Fsp3) is 0. The van der Waals surface area contributed by atoms with Crippen molar-refractivity contribution in [1.29, 1.82) is 0 Å². The van der Waals surface area contributed by atoms with Crippen molar-refractivity contribution in [1.82, 2.24) is 9.55 Å². The molecule has 7 heteroatoms. The van der Waals surface area contributed by atoms with E-state index in [1.807, 2.05) is 30.3 Å². The Morgan fingerprint density at radius 1 is 0.516 bits per heavy atom. The molecular formula is C24H11F5N2. The smallest absolute Gasteiger partial charge is 0.200 e. The van der Waals surface area contributed by atoms with Crippen LogP contribution >= 0.6 is 0 Å². The number of nitrogens with one attached hydrogen (secondary N) is 1. The molecule has 0 aliphatic carbocycles. The van der Waals surface area contributed by atoms with E-state index in [4.69, 9.17) is 0 Å². The molecule has 4 aromatic carbocycles. The second-order valence-corrected chi connectivity index (χ2v) is 7.36. The minimum absolute atomic E-state index is 0.331. The van der Waals surface area contributed by atoms with Crippen LogP contribution in [0.15, 0.2) is 60.7 Å². The van der Waals surface area contributed by atoms with Gasteiger partial charge in [-0.1, -0.05) is 36.4 Å². The van der Waals surface area contributed by atoms with Crippen LogP contribution in [0.5, 0.6) is 0 Å². The van der Waals surface area contributed by atoms with E-state index in [0.717, 1.165) is 26.4 Å². The van der Waals surface area contributed by atoms with Crippen molar-refractivity contribution in [3.63, 3.8) is 0 Å². The summed E-state index contributed by atoms with van der Waals surface area (Å²) < 4.78 is 72.4. The van der Waals surface area contributed by atoms with Crippen LogP contribution < -0.4 is 0 Å². The van der Waals surface area contributed by atoms with Gasteiger partial charge in [-0.15, -0.1) is 0 Å². The zero-order valence-electron chi connectivity index (χ0n) is 15.6. The molecule has 2 aromatic heterocycles. The Labute approximate surface area is 171 Å². The number of hydrogen-bond acceptors (Lipinski definition) is 0. The van der Waals surface area contributed by atoms with Gasteiger partial charge in [0.25, 0.3) is 0 Å². The van der Waals surface area contributed by atoms with Gasteiger partial charge in [0.05, 0.1) is 11.0 Å². The van der Waals surface area contributed by atoms with Gasteiger partial charge in [-0.2, -0.15) is 0 Å². The first kappa shape index (κ1) is 17.9. The molecule has 0 fully saturated rings. The first-order chi connectivity index (χ1) is 15.0. The van der Waals surface area contributed by atoms with Crippen LogP contribution in [0.2, 0.25) is 0 Å². The van der Waals surface area contributed by atoms with Gasteiger partial charge in [-0.25, -0.2) is 22.0 Å². The quantitative estimate of drug-likeness (QED) is 0.166. The molecule has 0 aliphatic rings. The van der Waals surface area contributed by atoms with Crippen molar-refractivity contribution in [2.75, 3.05) is 0 Å². The van der Waals surface area contributed by atoms with Crippen molar-refractivity contribution in [2.45, 2.75) is 0 Å². The number of fused-ring (bicyclic) bond motifs is 6. The standard InChI is InChI=1S/C24H11F5N2/c25-19-20(26)22(28)24(23(29)21(19)27)31-17-8-4-2-6-12(17)14-9-16-13(10-18(14)31)11-5-1-3-7-15(11)30-16/h1-10,30H. The van der Waals surface area contributed by atoms with Gasteiger partial charge in [0.2, 0.25) is 5.82 Å². The summed E-state index contributed by atoms with van der Waals surface area (Å²) in [5, 5.41) is 2.91. The van der Waals surface area contributed by atoms with E-state index in [0.29, 0.717) is 21.8 Å². The number of nitrogens with zero attached hydrogens (tertiary/aromatic N) is 1. The third kappa shape index (κ3) is 2.26. The highest BCUT2D eigenvalue weighted by atomic mass is 19.2. The first-order valence-electron chi connectivity index (χ1n) is 9.43. The van der Waals surface area contributed by atoms with Crippen LogP contribution in [-0.2, 0) is 0 Å². The SMILES string of the molecule is Fc1c(F)c(F)c(-n2c3ccccc3c3cc4[nH]c5ccccc5c4cc32)c(F)c1F. The van der Waals surface area contributed by atoms with Crippen LogP contribution in [0, 0.1) is 29.1 Å². The molecule has 0 aliphatic heterocycles. The lowest BCUT2D eigenvalue weighted by atomic mass is 10.1. The van der Waals surface area contributed by atoms with Crippen LogP contribution in [0.4, 0.5) is 22.0 Å². The molecular weight excluding hydrogens is 411 g/mol. The van der Waals surface area contributed by atoms with E-state index >= 15 is 0 Å². The van der Waals surface area contributed by atoms with Gasteiger partial charge in [0.1, 0.15) is 5.69 Å². The van der Waals surface area contributed by atoms with E-state index in [1.54, 1.807) is 30.3 Å². The van der Waals surface area contributed by atoms with Crippen LogP contribution in [0.3, 0.4) is 0 Å². The number of aromatic nitrogens is 2. The highest BCUT2D eigenvalue weighted by molar-refractivity contribution is 6.18. The highest BCUT2D eigenvalue weighted by Crippen LogP contribution is 2.38. The number of para-hydroxylation sites is 2. The van der Waals surface area contributed by atoms with Gasteiger partial charge in [0, 0.05) is 32.6 Å². The van der Waals surface area contributed by atoms with E-state index < -0.39 is 34.8 Å². The lowest BCUT2D eigenvalue weighted by molar-refractivity contribution is 0.376. The van der Waals surface area contributed by atoms with Crippen molar-refractivity contribution < 1.29 is 22.0 Å². The average Bonchev–Trinajstić information content (AvgIpc) is 3.31. The zero-order chi connectivity index (χ0) is 21.4. The number of H-pyrrole nitrogens is 1. The summed E-state index contributed by atoms with van der Waals surface area (Å²) >= 11 is 0. The van der Waals surface area contributed by atoms with E-state index in [-0.39, 0.29) is 0 Å². The second kappa shape index (κ2) is 6.07. The molecule has 0 radical (unpaired) electrons. The molecule has 6 aromatic rings. The van der Waals surface area contributed by atoms with Gasteiger partial charge < -0.3 is 9.55 Å². The van der Waals surface area contributed by atoms with Gasteiger partial charge >= 0.3 is 0 Å². The van der Waals surface area contributed by atoms with Gasteiger partial charge in [-0.3, -0.25) is 0 Å². The molecule has 0 amide bonds. The molecule has 31 heavy (non-hydrogen) atoms. The molecule has 0 saturated carbocycles. The maximum absolute atomic E-state index is 14.8. The molecule has 6 rings (SSSR count). The number of halogens is 5. The molecule has 0 saturated heterocycles. The van der Waals surface area contributed by atoms with Crippen molar-refractivity contribution in [2.24, 2.45) is 0 Å².